The third-order valence-electron chi connectivity index (χ3n) is 2.78. The molecule has 0 spiro atoms. The Hall–Kier alpha value is -1.38. The summed E-state index contributed by atoms with van der Waals surface area (Å²) in [6.07, 6.45) is 2.69. The highest BCUT2D eigenvalue weighted by molar-refractivity contribution is 9.10. The summed E-state index contributed by atoms with van der Waals surface area (Å²) in [5.74, 6) is -1.98. The van der Waals surface area contributed by atoms with Crippen molar-refractivity contribution in [1.82, 2.24) is 9.29 Å². The van der Waals surface area contributed by atoms with Crippen molar-refractivity contribution in [2.24, 2.45) is 0 Å². The SMILES string of the molecule is CN(Cc1ccc(F)c(F)c1)S(=O)(=O)c1cncc(Br)c1. The Balaban J connectivity index is 2.26. The Morgan fingerprint density at radius 3 is 2.52 bits per heavy atom. The molecule has 0 saturated heterocycles. The van der Waals surface area contributed by atoms with Crippen LogP contribution in [-0.4, -0.2) is 24.8 Å². The van der Waals surface area contributed by atoms with Crippen molar-refractivity contribution >= 4 is 26.0 Å². The van der Waals surface area contributed by atoms with Gasteiger partial charge < -0.3 is 0 Å². The number of halogens is 3. The first-order valence-corrected chi connectivity index (χ1v) is 8.05. The summed E-state index contributed by atoms with van der Waals surface area (Å²) in [4.78, 5) is 3.82. The molecule has 0 N–H and O–H groups in total. The molecular formula is C13H11BrF2N2O2S. The monoisotopic (exact) mass is 376 g/mol. The molecule has 1 aromatic heterocycles. The Labute approximate surface area is 129 Å². The van der Waals surface area contributed by atoms with Gasteiger partial charge in [-0.2, -0.15) is 4.31 Å². The van der Waals surface area contributed by atoms with Crippen LogP contribution in [0.15, 0.2) is 46.0 Å². The van der Waals surface area contributed by atoms with Crippen LogP contribution in [0.25, 0.3) is 0 Å². The highest BCUT2D eigenvalue weighted by Gasteiger charge is 2.22. The molecule has 0 saturated carbocycles. The van der Waals surface area contributed by atoms with Crippen molar-refractivity contribution in [3.8, 4) is 0 Å². The van der Waals surface area contributed by atoms with E-state index >= 15 is 0 Å². The lowest BCUT2D eigenvalue weighted by Gasteiger charge is -2.17. The van der Waals surface area contributed by atoms with Crippen molar-refractivity contribution in [2.75, 3.05) is 7.05 Å². The number of nitrogens with zero attached hydrogens (tertiary/aromatic N) is 2. The average molecular weight is 377 g/mol. The second-order valence-electron chi connectivity index (χ2n) is 4.35. The first kappa shape index (κ1) is 16.0. The van der Waals surface area contributed by atoms with E-state index in [1.807, 2.05) is 0 Å². The van der Waals surface area contributed by atoms with Gasteiger partial charge in [0.25, 0.3) is 0 Å². The lowest BCUT2D eigenvalue weighted by molar-refractivity contribution is 0.461. The van der Waals surface area contributed by atoms with E-state index < -0.39 is 21.7 Å². The van der Waals surface area contributed by atoms with Crippen LogP contribution in [0.1, 0.15) is 5.56 Å². The fraction of sp³-hybridized carbons (Fsp3) is 0.154. The molecule has 0 aliphatic carbocycles. The van der Waals surface area contributed by atoms with E-state index in [4.69, 9.17) is 0 Å². The smallest absolute Gasteiger partial charge is 0.244 e. The van der Waals surface area contributed by atoms with E-state index in [0.29, 0.717) is 10.0 Å². The van der Waals surface area contributed by atoms with Gasteiger partial charge in [0.05, 0.1) is 0 Å². The van der Waals surface area contributed by atoms with Crippen LogP contribution in [0, 0.1) is 11.6 Å². The maximum Gasteiger partial charge on any atom is 0.244 e. The second kappa shape index (κ2) is 6.17. The van der Waals surface area contributed by atoms with E-state index in [1.165, 1.54) is 31.6 Å². The van der Waals surface area contributed by atoms with Crippen molar-refractivity contribution in [2.45, 2.75) is 11.4 Å². The molecular weight excluding hydrogens is 366 g/mol. The Kier molecular flexibility index (Phi) is 4.70. The lowest BCUT2D eigenvalue weighted by atomic mass is 10.2. The molecule has 0 unspecified atom stereocenters. The highest BCUT2D eigenvalue weighted by Crippen LogP contribution is 2.20. The average Bonchev–Trinajstić information content (AvgIpc) is 2.43. The summed E-state index contributed by atoms with van der Waals surface area (Å²) in [5.41, 5.74) is 0.350. The van der Waals surface area contributed by atoms with E-state index in [-0.39, 0.29) is 11.4 Å². The summed E-state index contributed by atoms with van der Waals surface area (Å²) in [7, 11) is -2.40. The fourth-order valence-electron chi connectivity index (χ4n) is 1.69. The van der Waals surface area contributed by atoms with Gasteiger partial charge in [0.15, 0.2) is 11.6 Å². The van der Waals surface area contributed by atoms with Crippen molar-refractivity contribution in [3.05, 3.63) is 58.3 Å². The van der Waals surface area contributed by atoms with Gasteiger partial charge in [-0.1, -0.05) is 6.07 Å². The molecule has 1 aromatic carbocycles. The summed E-state index contributed by atoms with van der Waals surface area (Å²) in [6, 6.07) is 4.69. The zero-order valence-corrected chi connectivity index (χ0v) is 13.3. The minimum atomic E-state index is -3.76. The predicted octanol–water partition coefficient (Wildman–Crippen LogP) is 2.94. The molecule has 21 heavy (non-hydrogen) atoms. The maximum atomic E-state index is 13.1. The first-order chi connectivity index (χ1) is 9.80. The van der Waals surface area contributed by atoms with Gasteiger partial charge in [-0.3, -0.25) is 4.98 Å². The van der Waals surface area contributed by atoms with E-state index in [1.54, 1.807) is 0 Å². The number of hydrogen-bond donors (Lipinski definition) is 0. The van der Waals surface area contributed by atoms with Crippen LogP contribution >= 0.6 is 15.9 Å². The molecule has 0 aliphatic heterocycles. The molecule has 0 fully saturated rings. The van der Waals surface area contributed by atoms with E-state index in [0.717, 1.165) is 16.4 Å². The Morgan fingerprint density at radius 1 is 1.19 bits per heavy atom. The second-order valence-corrected chi connectivity index (χ2v) is 7.31. The predicted molar refractivity (Wildman–Crippen MR) is 76.9 cm³/mol. The van der Waals surface area contributed by atoms with Crippen LogP contribution in [-0.2, 0) is 16.6 Å². The maximum absolute atomic E-state index is 13.1. The number of hydrogen-bond acceptors (Lipinski definition) is 3. The lowest BCUT2D eigenvalue weighted by Crippen LogP contribution is -2.26. The summed E-state index contributed by atoms with van der Waals surface area (Å²) >= 11 is 3.15. The standard InChI is InChI=1S/C13H11BrF2N2O2S/c1-18(8-9-2-3-12(15)13(16)4-9)21(19,20)11-5-10(14)6-17-7-11/h2-7H,8H2,1H3. The van der Waals surface area contributed by atoms with Crippen LogP contribution in [0.3, 0.4) is 0 Å². The molecule has 0 amide bonds. The number of benzene rings is 1. The minimum absolute atomic E-state index is 0.0157. The molecule has 2 rings (SSSR count). The normalized spacial score (nSPS) is 11.9. The van der Waals surface area contributed by atoms with Gasteiger partial charge in [-0.15, -0.1) is 0 Å². The molecule has 1 heterocycles. The van der Waals surface area contributed by atoms with E-state index in [2.05, 4.69) is 20.9 Å². The van der Waals surface area contributed by atoms with Crippen LogP contribution in [0.5, 0.6) is 0 Å². The molecule has 4 nitrogen and oxygen atoms in total. The Bertz CT molecular complexity index is 769. The first-order valence-electron chi connectivity index (χ1n) is 5.81. The molecule has 0 aliphatic rings. The number of pyridine rings is 1. The molecule has 0 atom stereocenters. The summed E-state index contributed by atoms with van der Waals surface area (Å²) < 4.78 is 52.3. The number of sulfonamides is 1. The van der Waals surface area contributed by atoms with E-state index in [9.17, 15) is 17.2 Å². The van der Waals surface area contributed by atoms with Gasteiger partial charge in [-0.25, -0.2) is 17.2 Å². The number of aromatic nitrogens is 1. The molecule has 8 heteroatoms. The molecule has 0 radical (unpaired) electrons. The quantitative estimate of drug-likeness (QED) is 0.824. The van der Waals surface area contributed by atoms with Crippen LogP contribution in [0.2, 0.25) is 0 Å². The molecule has 2 aromatic rings. The van der Waals surface area contributed by atoms with Gasteiger partial charge >= 0.3 is 0 Å². The topological polar surface area (TPSA) is 50.3 Å². The zero-order chi connectivity index (χ0) is 15.6. The van der Waals surface area contributed by atoms with Gasteiger partial charge in [0.1, 0.15) is 4.90 Å². The molecule has 112 valence electrons. The van der Waals surface area contributed by atoms with Gasteiger partial charge in [0, 0.05) is 30.5 Å². The van der Waals surface area contributed by atoms with Gasteiger partial charge in [0.2, 0.25) is 10.0 Å². The van der Waals surface area contributed by atoms with Gasteiger partial charge in [-0.05, 0) is 39.7 Å². The summed E-state index contributed by atoms with van der Waals surface area (Å²) in [5, 5.41) is 0. The van der Waals surface area contributed by atoms with Crippen LogP contribution < -0.4 is 0 Å². The Morgan fingerprint density at radius 2 is 1.90 bits per heavy atom. The minimum Gasteiger partial charge on any atom is -0.262 e. The largest absolute Gasteiger partial charge is 0.262 e. The highest BCUT2D eigenvalue weighted by atomic mass is 79.9. The van der Waals surface area contributed by atoms with Crippen molar-refractivity contribution < 1.29 is 17.2 Å². The summed E-state index contributed by atoms with van der Waals surface area (Å²) in [6.45, 7) is -0.0773. The number of rotatable bonds is 4. The zero-order valence-electron chi connectivity index (χ0n) is 10.9. The van der Waals surface area contributed by atoms with Crippen molar-refractivity contribution in [3.63, 3.8) is 0 Å². The third-order valence-corrected chi connectivity index (χ3v) is 4.98. The van der Waals surface area contributed by atoms with Crippen LogP contribution in [0.4, 0.5) is 8.78 Å². The third kappa shape index (κ3) is 3.63. The molecule has 0 bridgehead atoms. The fourth-order valence-corrected chi connectivity index (χ4v) is 3.36. The van der Waals surface area contributed by atoms with Crippen molar-refractivity contribution in [1.29, 1.82) is 0 Å².